The highest BCUT2D eigenvalue weighted by Gasteiger charge is 2.29. The van der Waals surface area contributed by atoms with E-state index in [1.165, 1.54) is 12.8 Å². The summed E-state index contributed by atoms with van der Waals surface area (Å²) >= 11 is 0. The Morgan fingerprint density at radius 2 is 1.80 bits per heavy atom. The van der Waals surface area contributed by atoms with E-state index >= 15 is 0 Å². The Kier molecular flexibility index (Phi) is 4.83. The van der Waals surface area contributed by atoms with E-state index in [1.807, 2.05) is 18.2 Å². The van der Waals surface area contributed by atoms with Crippen molar-refractivity contribution in [3.63, 3.8) is 0 Å². The molecule has 1 unspecified atom stereocenters. The van der Waals surface area contributed by atoms with E-state index in [9.17, 15) is 5.26 Å². The second kappa shape index (κ2) is 6.41. The molecule has 0 N–H and O–H groups in total. The SMILES string of the molecule is CC(C)(C)C1CCN(CC(C#N)c2ccccc2)CC1. The lowest BCUT2D eigenvalue weighted by Gasteiger charge is -2.39. The summed E-state index contributed by atoms with van der Waals surface area (Å²) in [6.45, 7) is 10.2. The predicted octanol–water partition coefficient (Wildman–Crippen LogP) is 4.05. The van der Waals surface area contributed by atoms with Gasteiger partial charge >= 0.3 is 0 Å². The summed E-state index contributed by atoms with van der Waals surface area (Å²) in [7, 11) is 0. The number of benzene rings is 1. The lowest BCUT2D eigenvalue weighted by Crippen LogP contribution is -2.39. The average Bonchev–Trinajstić information content (AvgIpc) is 2.45. The maximum absolute atomic E-state index is 9.41. The van der Waals surface area contributed by atoms with Gasteiger partial charge in [-0.05, 0) is 42.8 Å². The molecule has 2 rings (SSSR count). The highest BCUT2D eigenvalue weighted by atomic mass is 15.1. The molecule has 0 amide bonds. The van der Waals surface area contributed by atoms with Crippen molar-refractivity contribution in [1.82, 2.24) is 4.90 Å². The molecule has 1 aromatic carbocycles. The first-order chi connectivity index (χ1) is 9.50. The molecule has 0 saturated carbocycles. The first-order valence-electron chi connectivity index (χ1n) is 7.67. The molecular formula is C18H26N2. The van der Waals surface area contributed by atoms with Gasteiger partial charge in [0.15, 0.2) is 0 Å². The molecule has 0 bridgehead atoms. The molecule has 1 aliphatic heterocycles. The zero-order chi connectivity index (χ0) is 14.6. The Morgan fingerprint density at radius 1 is 1.20 bits per heavy atom. The zero-order valence-corrected chi connectivity index (χ0v) is 13.0. The summed E-state index contributed by atoms with van der Waals surface area (Å²) in [5.74, 6) is 0.818. The number of hydrogen-bond acceptors (Lipinski definition) is 2. The Bertz CT molecular complexity index is 445. The Balaban J connectivity index is 1.90. The van der Waals surface area contributed by atoms with Gasteiger partial charge in [-0.25, -0.2) is 0 Å². The summed E-state index contributed by atoms with van der Waals surface area (Å²) in [6, 6.07) is 12.6. The fourth-order valence-corrected chi connectivity index (χ4v) is 3.15. The van der Waals surface area contributed by atoms with Crippen LogP contribution >= 0.6 is 0 Å². The third-order valence-corrected chi connectivity index (χ3v) is 4.61. The highest BCUT2D eigenvalue weighted by molar-refractivity contribution is 5.25. The molecular weight excluding hydrogens is 244 g/mol. The highest BCUT2D eigenvalue weighted by Crippen LogP contribution is 2.34. The van der Waals surface area contributed by atoms with Gasteiger partial charge in [0.1, 0.15) is 0 Å². The van der Waals surface area contributed by atoms with Crippen LogP contribution in [0.3, 0.4) is 0 Å². The first-order valence-corrected chi connectivity index (χ1v) is 7.67. The minimum atomic E-state index is 0.00221. The van der Waals surface area contributed by atoms with Crippen molar-refractivity contribution in [2.75, 3.05) is 19.6 Å². The Labute approximate surface area is 123 Å². The third kappa shape index (κ3) is 3.84. The molecule has 0 spiro atoms. The molecule has 20 heavy (non-hydrogen) atoms. The van der Waals surface area contributed by atoms with Gasteiger partial charge in [0, 0.05) is 6.54 Å². The van der Waals surface area contributed by atoms with Crippen LogP contribution in [0, 0.1) is 22.7 Å². The van der Waals surface area contributed by atoms with Crippen LogP contribution < -0.4 is 0 Å². The standard InChI is InChI=1S/C18H26N2/c1-18(2,3)17-9-11-20(12-10-17)14-16(13-19)15-7-5-4-6-8-15/h4-8,16-17H,9-12,14H2,1-3H3. The largest absolute Gasteiger partial charge is 0.302 e. The van der Waals surface area contributed by atoms with Crippen LogP contribution in [-0.4, -0.2) is 24.5 Å². The second-order valence-corrected chi connectivity index (χ2v) is 7.03. The zero-order valence-electron chi connectivity index (χ0n) is 13.0. The van der Waals surface area contributed by atoms with Gasteiger partial charge in [0.2, 0.25) is 0 Å². The van der Waals surface area contributed by atoms with E-state index < -0.39 is 0 Å². The van der Waals surface area contributed by atoms with E-state index in [0.717, 1.165) is 31.1 Å². The maximum atomic E-state index is 9.41. The first kappa shape index (κ1) is 15.1. The molecule has 1 aliphatic rings. The van der Waals surface area contributed by atoms with E-state index in [0.29, 0.717) is 5.41 Å². The van der Waals surface area contributed by atoms with Crippen molar-refractivity contribution in [2.45, 2.75) is 39.5 Å². The Hall–Kier alpha value is -1.33. The number of hydrogen-bond donors (Lipinski definition) is 0. The number of nitrogens with zero attached hydrogens (tertiary/aromatic N) is 2. The number of piperidine rings is 1. The summed E-state index contributed by atoms with van der Waals surface area (Å²) in [5.41, 5.74) is 1.56. The molecule has 108 valence electrons. The van der Waals surface area contributed by atoms with Gasteiger partial charge in [0.25, 0.3) is 0 Å². The van der Waals surface area contributed by atoms with Crippen LogP contribution in [0.2, 0.25) is 0 Å². The average molecular weight is 270 g/mol. The van der Waals surface area contributed by atoms with E-state index in [4.69, 9.17) is 0 Å². The van der Waals surface area contributed by atoms with E-state index in [-0.39, 0.29) is 5.92 Å². The van der Waals surface area contributed by atoms with Gasteiger partial charge in [-0.2, -0.15) is 5.26 Å². The Morgan fingerprint density at radius 3 is 2.30 bits per heavy atom. The van der Waals surface area contributed by atoms with Crippen molar-refractivity contribution in [1.29, 1.82) is 5.26 Å². The summed E-state index contributed by atoms with van der Waals surface area (Å²) in [4.78, 5) is 2.46. The fourth-order valence-electron chi connectivity index (χ4n) is 3.15. The van der Waals surface area contributed by atoms with Gasteiger partial charge < -0.3 is 4.90 Å². The van der Waals surface area contributed by atoms with Crippen LogP contribution in [0.1, 0.15) is 45.1 Å². The molecule has 2 nitrogen and oxygen atoms in total. The van der Waals surface area contributed by atoms with Crippen molar-refractivity contribution < 1.29 is 0 Å². The van der Waals surface area contributed by atoms with Crippen molar-refractivity contribution in [2.24, 2.45) is 11.3 Å². The van der Waals surface area contributed by atoms with E-state index in [2.05, 4.69) is 43.9 Å². The molecule has 1 saturated heterocycles. The van der Waals surface area contributed by atoms with Crippen LogP contribution in [0.5, 0.6) is 0 Å². The number of rotatable bonds is 3. The minimum Gasteiger partial charge on any atom is -0.302 e. The molecule has 2 heteroatoms. The number of likely N-dealkylation sites (tertiary alicyclic amines) is 1. The van der Waals surface area contributed by atoms with Crippen molar-refractivity contribution in [3.05, 3.63) is 35.9 Å². The molecule has 1 fully saturated rings. The predicted molar refractivity (Wildman–Crippen MR) is 83.4 cm³/mol. The minimum absolute atomic E-state index is 0.00221. The molecule has 1 atom stereocenters. The molecule has 0 aliphatic carbocycles. The van der Waals surface area contributed by atoms with Crippen LogP contribution in [-0.2, 0) is 0 Å². The topological polar surface area (TPSA) is 27.0 Å². The van der Waals surface area contributed by atoms with Crippen LogP contribution in [0.4, 0.5) is 0 Å². The van der Waals surface area contributed by atoms with Crippen molar-refractivity contribution in [3.8, 4) is 6.07 Å². The third-order valence-electron chi connectivity index (χ3n) is 4.61. The second-order valence-electron chi connectivity index (χ2n) is 7.03. The van der Waals surface area contributed by atoms with Gasteiger partial charge in [-0.1, -0.05) is 51.1 Å². The van der Waals surface area contributed by atoms with Gasteiger partial charge in [0.05, 0.1) is 12.0 Å². The summed E-state index contributed by atoms with van der Waals surface area (Å²) in [6.07, 6.45) is 2.52. The fraction of sp³-hybridized carbons (Fsp3) is 0.611. The molecule has 0 aromatic heterocycles. The smallest absolute Gasteiger partial charge is 0.0839 e. The lowest BCUT2D eigenvalue weighted by atomic mass is 9.75. The molecule has 1 heterocycles. The number of nitriles is 1. The van der Waals surface area contributed by atoms with Crippen LogP contribution in [0.25, 0.3) is 0 Å². The maximum Gasteiger partial charge on any atom is 0.0839 e. The monoisotopic (exact) mass is 270 g/mol. The molecule has 0 radical (unpaired) electrons. The van der Waals surface area contributed by atoms with Gasteiger partial charge in [-0.3, -0.25) is 0 Å². The van der Waals surface area contributed by atoms with Gasteiger partial charge in [-0.15, -0.1) is 0 Å². The molecule has 1 aromatic rings. The summed E-state index contributed by atoms with van der Waals surface area (Å²) < 4.78 is 0. The summed E-state index contributed by atoms with van der Waals surface area (Å²) in [5, 5.41) is 9.41. The van der Waals surface area contributed by atoms with E-state index in [1.54, 1.807) is 0 Å². The lowest BCUT2D eigenvalue weighted by molar-refractivity contribution is 0.111. The quantitative estimate of drug-likeness (QED) is 0.828. The van der Waals surface area contributed by atoms with Crippen LogP contribution in [0.15, 0.2) is 30.3 Å². The normalized spacial score (nSPS) is 19.5. The van der Waals surface area contributed by atoms with Crippen molar-refractivity contribution >= 4 is 0 Å².